The number of para-hydroxylation sites is 1. The monoisotopic (exact) mass is 574 g/mol. The predicted octanol–water partition coefficient (Wildman–Crippen LogP) is 11.2. The van der Waals surface area contributed by atoms with Crippen LogP contribution < -0.4 is 0 Å². The van der Waals surface area contributed by atoms with E-state index in [9.17, 15) is 0 Å². The molecule has 0 spiro atoms. The number of nitrogens with zero attached hydrogens (tertiary/aromatic N) is 2. The Kier molecular flexibility index (Phi) is 5.58. The second-order valence-electron chi connectivity index (χ2n) is 12.6. The lowest BCUT2D eigenvalue weighted by Crippen LogP contribution is -2.16. The van der Waals surface area contributed by atoms with Crippen molar-refractivity contribution in [1.29, 1.82) is 0 Å². The standard InChI is InChI=1S/C43H30N2/c1-43(2)37-17-9-7-15-35(37)42-41(43)40(36-16-8-10-18-38(36)45-42)28-21-19-27(20-22-28)31-23-24-34(33-14-6-5-13-32(31)33)39-25-29-11-3-4-12-30(29)26-44-39/h3-26H,1-2H3. The van der Waals surface area contributed by atoms with Gasteiger partial charge in [0.25, 0.3) is 0 Å². The average Bonchev–Trinajstić information content (AvgIpc) is 3.32. The number of benzene rings is 6. The van der Waals surface area contributed by atoms with Crippen LogP contribution in [0.25, 0.3) is 77.2 Å². The van der Waals surface area contributed by atoms with Crippen LogP contribution in [0.5, 0.6) is 0 Å². The molecule has 1 aliphatic carbocycles. The van der Waals surface area contributed by atoms with Gasteiger partial charge in [0, 0.05) is 33.5 Å². The second-order valence-corrected chi connectivity index (χ2v) is 12.6. The van der Waals surface area contributed by atoms with Gasteiger partial charge in [-0.05, 0) is 61.7 Å². The minimum atomic E-state index is -0.153. The van der Waals surface area contributed by atoms with Gasteiger partial charge >= 0.3 is 0 Å². The lowest BCUT2D eigenvalue weighted by atomic mass is 9.78. The zero-order chi connectivity index (χ0) is 30.1. The molecule has 212 valence electrons. The van der Waals surface area contributed by atoms with Crippen LogP contribution in [0.15, 0.2) is 146 Å². The molecule has 0 bridgehead atoms. The third-order valence-corrected chi connectivity index (χ3v) is 9.69. The molecule has 1 aliphatic rings. The smallest absolute Gasteiger partial charge is 0.0759 e. The topological polar surface area (TPSA) is 25.8 Å². The summed E-state index contributed by atoms with van der Waals surface area (Å²) in [5, 5.41) is 5.99. The second kappa shape index (κ2) is 9.70. The summed E-state index contributed by atoms with van der Waals surface area (Å²) < 4.78 is 0. The van der Waals surface area contributed by atoms with Crippen LogP contribution in [0.1, 0.15) is 25.0 Å². The van der Waals surface area contributed by atoms with Gasteiger partial charge in [-0.2, -0.15) is 0 Å². The third kappa shape index (κ3) is 3.89. The van der Waals surface area contributed by atoms with Crippen molar-refractivity contribution in [1.82, 2.24) is 9.97 Å². The Balaban J connectivity index is 1.19. The van der Waals surface area contributed by atoms with Gasteiger partial charge in [0.2, 0.25) is 0 Å². The van der Waals surface area contributed by atoms with Gasteiger partial charge in [-0.25, -0.2) is 4.98 Å². The molecule has 0 N–H and O–H groups in total. The molecule has 2 aromatic heterocycles. The molecule has 8 aromatic rings. The SMILES string of the molecule is CC1(C)c2ccccc2-c2nc3ccccc3c(-c3ccc(-c4ccc(-c5cc6ccccc6cn5)c5ccccc45)cc3)c21. The lowest BCUT2D eigenvalue weighted by Gasteiger charge is -2.25. The van der Waals surface area contributed by atoms with Gasteiger partial charge in [-0.3, -0.25) is 4.98 Å². The van der Waals surface area contributed by atoms with Crippen LogP contribution in [0.3, 0.4) is 0 Å². The van der Waals surface area contributed by atoms with Crippen molar-refractivity contribution in [2.75, 3.05) is 0 Å². The van der Waals surface area contributed by atoms with E-state index in [-0.39, 0.29) is 5.41 Å². The molecule has 0 amide bonds. The zero-order valence-electron chi connectivity index (χ0n) is 25.3. The molecule has 6 aromatic carbocycles. The molecule has 0 aliphatic heterocycles. The minimum Gasteiger partial charge on any atom is -0.256 e. The van der Waals surface area contributed by atoms with Gasteiger partial charge < -0.3 is 0 Å². The van der Waals surface area contributed by atoms with Crippen molar-refractivity contribution in [2.45, 2.75) is 19.3 Å². The zero-order valence-corrected chi connectivity index (χ0v) is 25.3. The van der Waals surface area contributed by atoms with E-state index >= 15 is 0 Å². The quantitative estimate of drug-likeness (QED) is 0.210. The summed E-state index contributed by atoms with van der Waals surface area (Å²) in [6, 6.07) is 50.2. The van der Waals surface area contributed by atoms with E-state index in [4.69, 9.17) is 9.97 Å². The normalized spacial score (nSPS) is 13.3. The van der Waals surface area contributed by atoms with Crippen LogP contribution in [-0.4, -0.2) is 9.97 Å². The number of hydrogen-bond acceptors (Lipinski definition) is 2. The highest BCUT2D eigenvalue weighted by molar-refractivity contribution is 6.06. The van der Waals surface area contributed by atoms with Crippen molar-refractivity contribution in [2.24, 2.45) is 0 Å². The molecule has 0 unspecified atom stereocenters. The first-order valence-electron chi connectivity index (χ1n) is 15.6. The first-order chi connectivity index (χ1) is 22.1. The molecular formula is C43H30N2. The molecule has 2 heteroatoms. The molecule has 0 saturated heterocycles. The van der Waals surface area contributed by atoms with Crippen molar-refractivity contribution >= 4 is 32.4 Å². The summed E-state index contributed by atoms with van der Waals surface area (Å²) in [5.74, 6) is 0. The summed E-state index contributed by atoms with van der Waals surface area (Å²) in [6.45, 7) is 4.67. The van der Waals surface area contributed by atoms with E-state index in [1.165, 1.54) is 60.5 Å². The summed E-state index contributed by atoms with van der Waals surface area (Å²) in [4.78, 5) is 10.1. The molecule has 0 atom stereocenters. The van der Waals surface area contributed by atoms with E-state index in [1.807, 2.05) is 6.20 Å². The van der Waals surface area contributed by atoms with Crippen molar-refractivity contribution < 1.29 is 0 Å². The Morgan fingerprint density at radius 2 is 1.13 bits per heavy atom. The average molecular weight is 575 g/mol. The highest BCUT2D eigenvalue weighted by Gasteiger charge is 2.39. The van der Waals surface area contributed by atoms with Gasteiger partial charge in [-0.1, -0.05) is 141 Å². The minimum absolute atomic E-state index is 0.153. The predicted molar refractivity (Wildman–Crippen MR) is 188 cm³/mol. The van der Waals surface area contributed by atoms with Crippen LogP contribution >= 0.6 is 0 Å². The van der Waals surface area contributed by atoms with Crippen LogP contribution in [0.4, 0.5) is 0 Å². The van der Waals surface area contributed by atoms with Crippen LogP contribution in [0, 0.1) is 0 Å². The molecule has 2 nitrogen and oxygen atoms in total. The summed E-state index contributed by atoms with van der Waals surface area (Å²) in [5.41, 5.74) is 13.0. The summed E-state index contributed by atoms with van der Waals surface area (Å²) in [6.07, 6.45) is 1.98. The molecule has 0 radical (unpaired) electrons. The number of pyridine rings is 2. The Morgan fingerprint density at radius 3 is 1.96 bits per heavy atom. The van der Waals surface area contributed by atoms with Gasteiger partial charge in [0.05, 0.1) is 16.9 Å². The van der Waals surface area contributed by atoms with Gasteiger partial charge in [0.15, 0.2) is 0 Å². The first kappa shape index (κ1) is 25.9. The molecule has 45 heavy (non-hydrogen) atoms. The van der Waals surface area contributed by atoms with Crippen LogP contribution in [-0.2, 0) is 5.41 Å². The fraction of sp³-hybridized carbons (Fsp3) is 0.0698. The number of aromatic nitrogens is 2. The number of rotatable bonds is 3. The highest BCUT2D eigenvalue weighted by atomic mass is 14.7. The maximum Gasteiger partial charge on any atom is 0.0759 e. The van der Waals surface area contributed by atoms with E-state index in [1.54, 1.807) is 0 Å². The van der Waals surface area contributed by atoms with E-state index in [0.29, 0.717) is 0 Å². The van der Waals surface area contributed by atoms with E-state index < -0.39 is 0 Å². The molecule has 0 saturated carbocycles. The fourth-order valence-corrected chi connectivity index (χ4v) is 7.51. The van der Waals surface area contributed by atoms with E-state index in [0.717, 1.165) is 27.9 Å². The van der Waals surface area contributed by atoms with Gasteiger partial charge in [-0.15, -0.1) is 0 Å². The van der Waals surface area contributed by atoms with Crippen molar-refractivity contribution in [3.63, 3.8) is 0 Å². The Morgan fingerprint density at radius 1 is 0.511 bits per heavy atom. The Hall–Kier alpha value is -5.60. The number of fused-ring (bicyclic) bond motifs is 6. The molecule has 0 fully saturated rings. The molecule has 2 heterocycles. The summed E-state index contributed by atoms with van der Waals surface area (Å²) >= 11 is 0. The lowest BCUT2D eigenvalue weighted by molar-refractivity contribution is 0.662. The fourth-order valence-electron chi connectivity index (χ4n) is 7.51. The third-order valence-electron chi connectivity index (χ3n) is 9.69. The largest absolute Gasteiger partial charge is 0.256 e. The van der Waals surface area contributed by atoms with Gasteiger partial charge in [0.1, 0.15) is 0 Å². The highest BCUT2D eigenvalue weighted by Crippen LogP contribution is 2.53. The van der Waals surface area contributed by atoms with Crippen molar-refractivity contribution in [3.8, 4) is 44.8 Å². The molecule has 9 rings (SSSR count). The van der Waals surface area contributed by atoms with E-state index in [2.05, 4.69) is 153 Å². The Bertz CT molecular complexity index is 2450. The first-order valence-corrected chi connectivity index (χ1v) is 15.6. The van der Waals surface area contributed by atoms with Crippen LogP contribution in [0.2, 0.25) is 0 Å². The number of hydrogen-bond donors (Lipinski definition) is 0. The summed E-state index contributed by atoms with van der Waals surface area (Å²) in [7, 11) is 0. The maximum atomic E-state index is 5.22. The Labute approximate surface area is 262 Å². The van der Waals surface area contributed by atoms with Crippen molar-refractivity contribution in [3.05, 3.63) is 157 Å². The maximum absolute atomic E-state index is 5.22. The molecular weight excluding hydrogens is 544 g/mol.